The van der Waals surface area contributed by atoms with E-state index in [4.69, 9.17) is 13.9 Å². The first-order valence-electron chi connectivity index (χ1n) is 8.43. The van der Waals surface area contributed by atoms with Crippen LogP contribution < -0.4 is 10.1 Å². The summed E-state index contributed by atoms with van der Waals surface area (Å²) in [7, 11) is 1.50. The molecule has 29 heavy (non-hydrogen) atoms. The minimum atomic E-state index is -1.31. The van der Waals surface area contributed by atoms with Crippen molar-refractivity contribution < 1.29 is 28.4 Å². The zero-order chi connectivity index (χ0) is 20.8. The molecule has 0 aliphatic rings. The molecule has 9 heteroatoms. The number of anilines is 1. The Morgan fingerprint density at radius 3 is 2.48 bits per heavy atom. The van der Waals surface area contributed by atoms with Gasteiger partial charge >= 0.3 is 11.9 Å². The number of esters is 1. The van der Waals surface area contributed by atoms with Gasteiger partial charge in [-0.3, -0.25) is 14.9 Å². The maximum absolute atomic E-state index is 12.8. The average Bonchev–Trinajstić information content (AvgIpc) is 3.23. The lowest BCUT2D eigenvalue weighted by Gasteiger charge is -2.17. The molecule has 0 aliphatic carbocycles. The molecule has 0 radical (unpaired) electrons. The van der Waals surface area contributed by atoms with Crippen molar-refractivity contribution in [3.63, 3.8) is 0 Å². The first-order valence-corrected chi connectivity index (χ1v) is 8.43. The number of furan rings is 1. The maximum Gasteiger partial charge on any atom is 0.433 e. The van der Waals surface area contributed by atoms with E-state index in [1.54, 1.807) is 54.6 Å². The van der Waals surface area contributed by atoms with Gasteiger partial charge < -0.3 is 19.2 Å². The van der Waals surface area contributed by atoms with Crippen LogP contribution in [0.25, 0.3) is 0 Å². The van der Waals surface area contributed by atoms with Crippen molar-refractivity contribution in [3.05, 3.63) is 88.2 Å². The van der Waals surface area contributed by atoms with Crippen LogP contribution in [-0.4, -0.2) is 23.9 Å². The van der Waals surface area contributed by atoms with Gasteiger partial charge in [-0.05, 0) is 18.2 Å². The molecular formula is C20H16N2O7. The number of methoxy groups -OCH3 is 1. The summed E-state index contributed by atoms with van der Waals surface area (Å²) < 4.78 is 15.3. The summed E-state index contributed by atoms with van der Waals surface area (Å²) in [6.07, 6.45) is -1.31. The molecule has 0 unspecified atom stereocenters. The first-order chi connectivity index (χ1) is 14.0. The number of rotatable bonds is 7. The normalized spacial score (nSPS) is 11.3. The molecule has 9 nitrogen and oxygen atoms in total. The predicted octanol–water partition coefficient (Wildman–Crippen LogP) is 3.73. The Bertz CT molecular complexity index is 1030. The molecule has 0 spiro atoms. The topological polar surface area (TPSA) is 121 Å². The van der Waals surface area contributed by atoms with E-state index in [-0.39, 0.29) is 5.76 Å². The van der Waals surface area contributed by atoms with Crippen molar-refractivity contribution in [1.82, 2.24) is 0 Å². The van der Waals surface area contributed by atoms with Gasteiger partial charge in [-0.2, -0.15) is 0 Å². The van der Waals surface area contributed by atoms with Crippen LogP contribution in [0.15, 0.2) is 71.1 Å². The van der Waals surface area contributed by atoms with Gasteiger partial charge in [0.2, 0.25) is 11.9 Å². The molecule has 1 N–H and O–H groups in total. The average molecular weight is 396 g/mol. The fourth-order valence-electron chi connectivity index (χ4n) is 2.51. The van der Waals surface area contributed by atoms with E-state index in [9.17, 15) is 19.7 Å². The van der Waals surface area contributed by atoms with Crippen molar-refractivity contribution >= 4 is 23.4 Å². The fourth-order valence-corrected chi connectivity index (χ4v) is 2.51. The molecule has 1 amide bonds. The number of carbonyl (C=O) groups excluding carboxylic acids is 2. The minimum Gasteiger partial charge on any atom is -0.497 e. The van der Waals surface area contributed by atoms with Crippen LogP contribution in [0.5, 0.6) is 5.75 Å². The Kier molecular flexibility index (Phi) is 5.88. The molecule has 1 aromatic heterocycles. The number of nitro groups is 1. The lowest BCUT2D eigenvalue weighted by Crippen LogP contribution is -2.25. The molecule has 3 aromatic rings. The maximum atomic E-state index is 12.8. The van der Waals surface area contributed by atoms with Crippen LogP contribution >= 0.6 is 0 Å². The Morgan fingerprint density at radius 1 is 1.07 bits per heavy atom. The molecule has 0 saturated heterocycles. The van der Waals surface area contributed by atoms with E-state index in [2.05, 4.69) is 5.32 Å². The molecule has 0 fully saturated rings. The quantitative estimate of drug-likeness (QED) is 0.367. The Hall–Kier alpha value is -4.14. The third kappa shape index (κ3) is 4.78. The number of benzene rings is 2. The van der Waals surface area contributed by atoms with E-state index >= 15 is 0 Å². The molecular weight excluding hydrogens is 380 g/mol. The van der Waals surface area contributed by atoms with Gasteiger partial charge in [0.1, 0.15) is 10.7 Å². The van der Waals surface area contributed by atoms with E-state index < -0.39 is 28.8 Å². The lowest BCUT2D eigenvalue weighted by molar-refractivity contribution is -0.402. The number of hydrogen-bond donors (Lipinski definition) is 1. The number of nitrogens with one attached hydrogen (secondary N) is 1. The molecule has 0 aliphatic heterocycles. The van der Waals surface area contributed by atoms with E-state index in [0.717, 1.165) is 12.1 Å². The van der Waals surface area contributed by atoms with E-state index in [0.29, 0.717) is 17.0 Å². The second-order valence-corrected chi connectivity index (χ2v) is 5.81. The molecule has 3 rings (SSSR count). The standard InChI is InChI=1S/C20H16N2O7/c1-27-15-9-5-8-14(12-15)21-19(23)18(13-6-3-2-4-7-13)29-20(24)16-10-11-17(28-16)22(25)26/h2-12,18H,1H3,(H,21,23)/t18-/m1/s1. The highest BCUT2D eigenvalue weighted by atomic mass is 16.7. The fraction of sp³-hybridized carbons (Fsp3) is 0.100. The molecule has 148 valence electrons. The van der Waals surface area contributed by atoms with Crippen LogP contribution in [0, 0.1) is 10.1 Å². The van der Waals surface area contributed by atoms with Crippen molar-refractivity contribution in [1.29, 1.82) is 0 Å². The Labute approximate surface area is 165 Å². The number of carbonyl (C=O) groups is 2. The molecule has 1 heterocycles. The summed E-state index contributed by atoms with van der Waals surface area (Å²) in [5.74, 6) is -2.06. The minimum absolute atomic E-state index is 0.383. The monoisotopic (exact) mass is 396 g/mol. The third-order valence-corrected chi connectivity index (χ3v) is 3.88. The van der Waals surface area contributed by atoms with Gasteiger partial charge in [0.05, 0.1) is 13.2 Å². The second kappa shape index (κ2) is 8.70. The van der Waals surface area contributed by atoms with Crippen molar-refractivity contribution in [2.24, 2.45) is 0 Å². The smallest absolute Gasteiger partial charge is 0.433 e. The van der Waals surface area contributed by atoms with Crippen LogP contribution in [-0.2, 0) is 9.53 Å². The summed E-state index contributed by atoms with van der Waals surface area (Å²) in [5.41, 5.74) is 0.863. The Morgan fingerprint density at radius 2 is 1.83 bits per heavy atom. The van der Waals surface area contributed by atoms with Gasteiger partial charge in [0.15, 0.2) is 0 Å². The Balaban J connectivity index is 1.83. The zero-order valence-electron chi connectivity index (χ0n) is 15.2. The summed E-state index contributed by atoms with van der Waals surface area (Å²) >= 11 is 0. The third-order valence-electron chi connectivity index (χ3n) is 3.88. The largest absolute Gasteiger partial charge is 0.497 e. The lowest BCUT2D eigenvalue weighted by atomic mass is 10.1. The van der Waals surface area contributed by atoms with Crippen molar-refractivity contribution in [2.45, 2.75) is 6.10 Å². The van der Waals surface area contributed by atoms with Gasteiger partial charge in [0, 0.05) is 17.3 Å². The summed E-state index contributed by atoms with van der Waals surface area (Å²) in [4.78, 5) is 35.2. The van der Waals surface area contributed by atoms with Gasteiger partial charge in [-0.25, -0.2) is 4.79 Å². The van der Waals surface area contributed by atoms with Crippen LogP contribution in [0.1, 0.15) is 22.2 Å². The highest BCUT2D eigenvalue weighted by Gasteiger charge is 2.28. The van der Waals surface area contributed by atoms with Crippen molar-refractivity contribution in [3.8, 4) is 5.75 Å². The van der Waals surface area contributed by atoms with Crippen molar-refractivity contribution in [2.75, 3.05) is 12.4 Å². The highest BCUT2D eigenvalue weighted by molar-refractivity contribution is 5.97. The van der Waals surface area contributed by atoms with Gasteiger partial charge in [-0.15, -0.1) is 0 Å². The first kappa shape index (κ1) is 19.6. The van der Waals surface area contributed by atoms with Crippen LogP contribution in [0.3, 0.4) is 0 Å². The van der Waals surface area contributed by atoms with Crippen LogP contribution in [0.2, 0.25) is 0 Å². The summed E-state index contributed by atoms with van der Waals surface area (Å²) in [6.45, 7) is 0. The van der Waals surface area contributed by atoms with E-state index in [1.807, 2.05) is 0 Å². The summed E-state index contributed by atoms with van der Waals surface area (Å²) in [6, 6.07) is 17.2. The predicted molar refractivity (Wildman–Crippen MR) is 102 cm³/mol. The molecule has 0 bridgehead atoms. The number of ether oxygens (including phenoxy) is 2. The van der Waals surface area contributed by atoms with Crippen LogP contribution in [0.4, 0.5) is 11.6 Å². The summed E-state index contributed by atoms with van der Waals surface area (Å²) in [5, 5.41) is 13.4. The SMILES string of the molecule is COc1cccc(NC(=O)[C@H](OC(=O)c2ccc([N+](=O)[O-])o2)c2ccccc2)c1. The highest BCUT2D eigenvalue weighted by Crippen LogP contribution is 2.24. The zero-order valence-corrected chi connectivity index (χ0v) is 15.2. The molecule has 1 atom stereocenters. The van der Waals surface area contributed by atoms with E-state index in [1.165, 1.54) is 7.11 Å². The molecule has 0 saturated carbocycles. The molecule has 2 aromatic carbocycles. The van der Waals surface area contributed by atoms with Gasteiger partial charge in [-0.1, -0.05) is 36.4 Å². The van der Waals surface area contributed by atoms with Gasteiger partial charge in [0.25, 0.3) is 5.91 Å². The number of nitrogens with zero attached hydrogens (tertiary/aromatic N) is 1. The number of hydrogen-bond acceptors (Lipinski definition) is 7. The second-order valence-electron chi connectivity index (χ2n) is 5.81. The number of amides is 1.